The molecule has 2 aliphatic rings. The molecule has 0 bridgehead atoms. The highest BCUT2D eigenvalue weighted by Gasteiger charge is 2.56. The number of hydrogen-bond donors (Lipinski definition) is 0. The van der Waals surface area contributed by atoms with E-state index in [1.54, 1.807) is 16.8 Å². The number of fused-ring (bicyclic) bond motifs is 1. The summed E-state index contributed by atoms with van der Waals surface area (Å²) < 4.78 is 1.76. The Labute approximate surface area is 118 Å². The fourth-order valence-corrected chi connectivity index (χ4v) is 3.95. The van der Waals surface area contributed by atoms with E-state index in [1.807, 2.05) is 18.2 Å². The Morgan fingerprint density at radius 1 is 1.05 bits per heavy atom. The molecule has 0 saturated carbocycles. The molecule has 1 aromatic rings. The number of nitrogens with zero attached hydrogens (tertiary/aromatic N) is 4. The van der Waals surface area contributed by atoms with Crippen LogP contribution in [0.5, 0.6) is 0 Å². The Kier molecular flexibility index (Phi) is 2.75. The summed E-state index contributed by atoms with van der Waals surface area (Å²) in [5, 5.41) is 8.10. The molecule has 104 valence electrons. The molecular formula is C13H16N4O2Si. The van der Waals surface area contributed by atoms with Gasteiger partial charge in [0, 0.05) is 0 Å². The van der Waals surface area contributed by atoms with E-state index in [0.29, 0.717) is 5.69 Å². The van der Waals surface area contributed by atoms with E-state index in [4.69, 9.17) is 0 Å². The topological polar surface area (TPSA) is 65.3 Å². The van der Waals surface area contributed by atoms with E-state index >= 15 is 0 Å². The molecule has 1 saturated heterocycles. The van der Waals surface area contributed by atoms with Crippen LogP contribution in [0, 0.1) is 0 Å². The molecule has 0 N–H and O–H groups in total. The quantitative estimate of drug-likeness (QED) is 0.616. The second kappa shape index (κ2) is 4.24. The number of benzene rings is 1. The lowest BCUT2D eigenvalue weighted by molar-refractivity contribution is -0.122. The third-order valence-electron chi connectivity index (χ3n) is 3.48. The number of carbonyl (C=O) groups is 2. The Balaban J connectivity index is 1.98. The van der Waals surface area contributed by atoms with Crippen molar-refractivity contribution in [1.29, 1.82) is 0 Å². The second-order valence-electron chi connectivity index (χ2n) is 5.96. The fourth-order valence-electron chi connectivity index (χ4n) is 2.54. The summed E-state index contributed by atoms with van der Waals surface area (Å²) in [6.07, 6.45) is 0. The predicted molar refractivity (Wildman–Crippen MR) is 76.6 cm³/mol. The van der Waals surface area contributed by atoms with Gasteiger partial charge in [0.1, 0.15) is 0 Å². The molecule has 0 radical (unpaired) electrons. The van der Waals surface area contributed by atoms with Crippen molar-refractivity contribution in [3.63, 3.8) is 0 Å². The smallest absolute Gasteiger partial charge is 0.263 e. The lowest BCUT2D eigenvalue weighted by atomic mass is 10.2. The van der Waals surface area contributed by atoms with Crippen LogP contribution in [-0.2, 0) is 9.59 Å². The number of carbonyl (C=O) groups excluding carboxylic acids is 2. The molecule has 2 heterocycles. The largest absolute Gasteiger partial charge is 0.292 e. The highest BCUT2D eigenvalue weighted by atomic mass is 28.3. The van der Waals surface area contributed by atoms with E-state index in [9.17, 15) is 9.59 Å². The van der Waals surface area contributed by atoms with Crippen LogP contribution in [0.25, 0.3) is 0 Å². The summed E-state index contributed by atoms with van der Waals surface area (Å²) in [6, 6.07) is 7.73. The molecule has 2 aliphatic heterocycles. The number of hydrogen-bond acceptors (Lipinski definition) is 5. The van der Waals surface area contributed by atoms with Gasteiger partial charge in [-0.2, -0.15) is 5.11 Å². The number of para-hydroxylation sites is 1. The maximum absolute atomic E-state index is 12.6. The van der Waals surface area contributed by atoms with Crippen LogP contribution >= 0.6 is 0 Å². The van der Waals surface area contributed by atoms with E-state index in [-0.39, 0.29) is 11.8 Å². The molecule has 1 fully saturated rings. The van der Waals surface area contributed by atoms with Crippen LogP contribution in [0.4, 0.5) is 5.69 Å². The monoisotopic (exact) mass is 288 g/mol. The second-order valence-corrected chi connectivity index (χ2v) is 10.8. The number of rotatable bonds is 2. The molecule has 20 heavy (non-hydrogen) atoms. The molecule has 2 atom stereocenters. The normalized spacial score (nSPS) is 25.6. The van der Waals surface area contributed by atoms with Crippen molar-refractivity contribution in [2.45, 2.75) is 31.7 Å². The Hall–Kier alpha value is -2.02. The van der Waals surface area contributed by atoms with Gasteiger partial charge < -0.3 is 0 Å². The van der Waals surface area contributed by atoms with Crippen LogP contribution in [0.2, 0.25) is 19.6 Å². The summed E-state index contributed by atoms with van der Waals surface area (Å²) in [5.41, 5.74) is 0.600. The van der Waals surface area contributed by atoms with Crippen molar-refractivity contribution in [2.24, 2.45) is 10.3 Å². The van der Waals surface area contributed by atoms with Crippen molar-refractivity contribution in [3.8, 4) is 0 Å². The molecule has 1 aromatic carbocycles. The van der Waals surface area contributed by atoms with Crippen LogP contribution in [0.3, 0.4) is 0 Å². The maximum Gasteiger partial charge on any atom is 0.263 e. The zero-order chi connectivity index (χ0) is 14.5. The van der Waals surface area contributed by atoms with Crippen molar-refractivity contribution in [2.75, 3.05) is 4.90 Å². The molecule has 0 spiro atoms. The Morgan fingerprint density at radius 3 is 2.30 bits per heavy atom. The predicted octanol–water partition coefficient (Wildman–Crippen LogP) is 1.81. The first-order valence-corrected chi connectivity index (χ1v) is 9.99. The van der Waals surface area contributed by atoms with Gasteiger partial charge in [-0.05, 0) is 12.1 Å². The molecule has 7 heteroatoms. The molecule has 0 aromatic heterocycles. The van der Waals surface area contributed by atoms with Gasteiger partial charge in [0.15, 0.2) is 20.3 Å². The summed E-state index contributed by atoms with van der Waals surface area (Å²) in [4.78, 5) is 26.3. The molecular weight excluding hydrogens is 272 g/mol. The summed E-state index contributed by atoms with van der Waals surface area (Å²) in [5.74, 6) is -0.505. The van der Waals surface area contributed by atoms with Gasteiger partial charge in [-0.25, -0.2) is 4.90 Å². The van der Waals surface area contributed by atoms with Crippen molar-refractivity contribution < 1.29 is 9.59 Å². The zero-order valence-electron chi connectivity index (χ0n) is 11.6. The lowest BCUT2D eigenvalue weighted by Gasteiger charge is -2.31. The van der Waals surface area contributed by atoms with E-state index in [0.717, 1.165) is 0 Å². The minimum atomic E-state index is -1.84. The van der Waals surface area contributed by atoms with Crippen LogP contribution in [0.1, 0.15) is 0 Å². The standard InChI is InChI=1S/C13H16N4O2Si/c1-20(2,3)17-11-10(14-15-17)12(18)16(13(11)19)9-7-5-4-6-8-9/h4-8,10-11H,1-3H3/t10-,11+/m1/s1. The first-order valence-electron chi connectivity index (χ1n) is 6.54. The Morgan fingerprint density at radius 2 is 1.70 bits per heavy atom. The highest BCUT2D eigenvalue weighted by Crippen LogP contribution is 2.34. The van der Waals surface area contributed by atoms with Crippen LogP contribution < -0.4 is 4.90 Å². The minimum absolute atomic E-state index is 0.223. The summed E-state index contributed by atoms with van der Waals surface area (Å²) >= 11 is 0. The van der Waals surface area contributed by atoms with E-state index < -0.39 is 20.3 Å². The third-order valence-corrected chi connectivity index (χ3v) is 5.23. The average Bonchev–Trinajstić information content (AvgIpc) is 2.92. The first-order chi connectivity index (χ1) is 9.41. The van der Waals surface area contributed by atoms with Crippen molar-refractivity contribution in [1.82, 2.24) is 4.67 Å². The van der Waals surface area contributed by atoms with Crippen molar-refractivity contribution >= 4 is 25.7 Å². The number of amides is 2. The van der Waals surface area contributed by atoms with Gasteiger partial charge in [-0.3, -0.25) is 14.3 Å². The SMILES string of the molecule is C[Si](C)(C)N1N=N[C@H]2C(=O)N(c3ccccc3)C(=O)[C@H]21. The lowest BCUT2D eigenvalue weighted by Crippen LogP contribution is -2.51. The molecule has 2 amide bonds. The van der Waals surface area contributed by atoms with Gasteiger partial charge in [-0.15, -0.1) is 0 Å². The average molecular weight is 288 g/mol. The Bertz CT molecular complexity index is 596. The summed E-state index contributed by atoms with van der Waals surface area (Å²) in [7, 11) is -1.84. The molecule has 6 nitrogen and oxygen atoms in total. The highest BCUT2D eigenvalue weighted by molar-refractivity contribution is 6.73. The number of anilines is 1. The molecule has 3 rings (SSSR count). The summed E-state index contributed by atoms with van der Waals surface area (Å²) in [6.45, 7) is 6.24. The molecule has 0 unspecified atom stereocenters. The van der Waals surface area contributed by atoms with Gasteiger partial charge in [-0.1, -0.05) is 43.1 Å². The van der Waals surface area contributed by atoms with E-state index in [2.05, 4.69) is 30.0 Å². The van der Waals surface area contributed by atoms with Gasteiger partial charge in [0.05, 0.1) is 5.69 Å². The van der Waals surface area contributed by atoms with Gasteiger partial charge >= 0.3 is 0 Å². The maximum atomic E-state index is 12.6. The van der Waals surface area contributed by atoms with E-state index in [1.165, 1.54) is 4.90 Å². The van der Waals surface area contributed by atoms with Gasteiger partial charge in [0.25, 0.3) is 11.8 Å². The zero-order valence-corrected chi connectivity index (χ0v) is 12.6. The van der Waals surface area contributed by atoms with Crippen LogP contribution in [-0.4, -0.2) is 36.8 Å². The minimum Gasteiger partial charge on any atom is -0.292 e. The first kappa shape index (κ1) is 13.0. The third kappa shape index (κ3) is 1.77. The van der Waals surface area contributed by atoms with Crippen molar-refractivity contribution in [3.05, 3.63) is 30.3 Å². The van der Waals surface area contributed by atoms with Gasteiger partial charge in [0.2, 0.25) is 0 Å². The number of imide groups is 1. The van der Waals surface area contributed by atoms with Crippen LogP contribution in [0.15, 0.2) is 40.7 Å². The molecule has 0 aliphatic carbocycles. The fraction of sp³-hybridized carbons (Fsp3) is 0.385.